The van der Waals surface area contributed by atoms with Gasteiger partial charge in [0.1, 0.15) is 17.9 Å². The first-order chi connectivity index (χ1) is 12.0. The molecule has 0 spiro atoms. The molecule has 5 heteroatoms. The minimum absolute atomic E-state index is 0.112. The van der Waals surface area contributed by atoms with Crippen LogP contribution in [0, 0.1) is 13.8 Å². The number of hydrogen-bond donors (Lipinski definition) is 0. The number of ether oxygens (including phenoxy) is 1. The summed E-state index contributed by atoms with van der Waals surface area (Å²) in [5.41, 5.74) is 2.61. The van der Waals surface area contributed by atoms with Gasteiger partial charge in [-0.3, -0.25) is 0 Å². The fourth-order valence-electron chi connectivity index (χ4n) is 2.75. The molecule has 0 aliphatic rings. The number of carboxylic acid groups (broad SMARTS) is 1. The average Bonchev–Trinajstić information content (AvgIpc) is 2.57. The predicted octanol–water partition coefficient (Wildman–Crippen LogP) is 2.28. The highest BCUT2D eigenvalue weighted by atomic mass is 16.5. The molecule has 3 aromatic rings. The molecule has 2 aromatic carbocycles. The first-order valence-electron chi connectivity index (χ1n) is 7.89. The minimum atomic E-state index is -1.31. The fraction of sp³-hybridized carbons (Fsp3) is 0.200. The molecule has 0 fully saturated rings. The van der Waals surface area contributed by atoms with E-state index in [2.05, 4.69) is 0 Å². The number of carboxylic acids is 1. The van der Waals surface area contributed by atoms with Gasteiger partial charge in [-0.25, -0.2) is 4.79 Å². The quantitative estimate of drug-likeness (QED) is 0.667. The zero-order valence-electron chi connectivity index (χ0n) is 14.0. The smallest absolute Gasteiger partial charge is 0.340 e. The maximum absolute atomic E-state index is 12.0. The summed E-state index contributed by atoms with van der Waals surface area (Å²) in [6.07, 6.45) is -0.463. The van der Waals surface area contributed by atoms with Crippen LogP contribution in [0.25, 0.3) is 11.0 Å². The molecule has 0 bridgehead atoms. The van der Waals surface area contributed by atoms with Crippen LogP contribution in [-0.2, 0) is 17.8 Å². The molecule has 0 saturated heterocycles. The van der Waals surface area contributed by atoms with E-state index in [9.17, 15) is 14.7 Å². The molecule has 0 atom stereocenters. The fourth-order valence-corrected chi connectivity index (χ4v) is 2.75. The van der Waals surface area contributed by atoms with Gasteiger partial charge in [0.2, 0.25) is 0 Å². The van der Waals surface area contributed by atoms with Crippen molar-refractivity contribution in [1.82, 2.24) is 0 Å². The van der Waals surface area contributed by atoms with Crippen LogP contribution in [0.5, 0.6) is 5.75 Å². The molecule has 0 amide bonds. The Balaban J connectivity index is 1.91. The van der Waals surface area contributed by atoms with E-state index in [1.54, 1.807) is 25.1 Å². The Kier molecular flexibility index (Phi) is 4.57. The number of aryl methyl sites for hydroxylation is 2. The van der Waals surface area contributed by atoms with Gasteiger partial charge in [-0.15, -0.1) is 0 Å². The van der Waals surface area contributed by atoms with Crippen molar-refractivity contribution >= 4 is 16.9 Å². The third-order valence-electron chi connectivity index (χ3n) is 4.24. The lowest BCUT2D eigenvalue weighted by molar-refractivity contribution is -0.304. The Morgan fingerprint density at radius 1 is 1.16 bits per heavy atom. The minimum Gasteiger partial charge on any atom is -0.550 e. The number of hydrogen-bond acceptors (Lipinski definition) is 5. The van der Waals surface area contributed by atoms with Crippen LogP contribution in [0.3, 0.4) is 0 Å². The van der Waals surface area contributed by atoms with Gasteiger partial charge in [-0.2, -0.15) is 0 Å². The Morgan fingerprint density at radius 3 is 2.64 bits per heavy atom. The average molecular weight is 337 g/mol. The van der Waals surface area contributed by atoms with Gasteiger partial charge >= 0.3 is 5.63 Å². The SMILES string of the molecule is Cc1ccccc1COc1ccc2c(C)c(CC(=O)[O-])c(=O)oc2c1. The molecule has 0 saturated carbocycles. The summed E-state index contributed by atoms with van der Waals surface area (Å²) in [5, 5.41) is 11.5. The van der Waals surface area contributed by atoms with Crippen LogP contribution in [-0.4, -0.2) is 5.97 Å². The molecule has 25 heavy (non-hydrogen) atoms. The van der Waals surface area contributed by atoms with Crippen molar-refractivity contribution in [2.45, 2.75) is 26.9 Å². The predicted molar refractivity (Wildman–Crippen MR) is 91.4 cm³/mol. The number of benzene rings is 2. The molecule has 128 valence electrons. The summed E-state index contributed by atoms with van der Waals surface area (Å²) in [7, 11) is 0. The van der Waals surface area contributed by atoms with Crippen molar-refractivity contribution < 1.29 is 19.1 Å². The number of rotatable bonds is 5. The van der Waals surface area contributed by atoms with Crippen molar-refractivity contribution in [3.63, 3.8) is 0 Å². The van der Waals surface area contributed by atoms with Crippen molar-refractivity contribution in [3.05, 3.63) is 75.1 Å². The molecular formula is C20H17O5-. The van der Waals surface area contributed by atoms with Crippen molar-refractivity contribution in [1.29, 1.82) is 0 Å². The monoisotopic (exact) mass is 337 g/mol. The van der Waals surface area contributed by atoms with Crippen molar-refractivity contribution in [2.24, 2.45) is 0 Å². The normalized spacial score (nSPS) is 10.8. The van der Waals surface area contributed by atoms with E-state index in [1.165, 1.54) is 0 Å². The topological polar surface area (TPSA) is 79.6 Å². The summed E-state index contributed by atoms with van der Waals surface area (Å²) in [6, 6.07) is 13.1. The Labute approximate surface area is 144 Å². The first-order valence-corrected chi connectivity index (χ1v) is 7.89. The summed E-state index contributed by atoms with van der Waals surface area (Å²) >= 11 is 0. The number of carbonyl (C=O) groups excluding carboxylic acids is 1. The lowest BCUT2D eigenvalue weighted by atomic mass is 10.0. The van der Waals surface area contributed by atoms with Gasteiger partial charge in [-0.1, -0.05) is 24.3 Å². The Hall–Kier alpha value is -3.08. The second-order valence-corrected chi connectivity index (χ2v) is 5.91. The van der Waals surface area contributed by atoms with Gasteiger partial charge in [0.05, 0.1) is 0 Å². The molecule has 1 heterocycles. The molecule has 0 unspecified atom stereocenters. The zero-order valence-corrected chi connectivity index (χ0v) is 14.0. The van der Waals surface area contributed by atoms with Crippen LogP contribution in [0.1, 0.15) is 22.3 Å². The summed E-state index contributed by atoms with van der Waals surface area (Å²) < 4.78 is 11.1. The highest BCUT2D eigenvalue weighted by Crippen LogP contribution is 2.25. The number of fused-ring (bicyclic) bond motifs is 1. The lowest BCUT2D eigenvalue weighted by Gasteiger charge is -2.11. The van der Waals surface area contributed by atoms with E-state index in [1.807, 2.05) is 31.2 Å². The number of carbonyl (C=O) groups is 1. The molecule has 1 aromatic heterocycles. The van der Waals surface area contributed by atoms with Crippen LogP contribution >= 0.6 is 0 Å². The Morgan fingerprint density at radius 2 is 1.92 bits per heavy atom. The number of aliphatic carboxylic acids is 1. The molecule has 5 nitrogen and oxygen atoms in total. The maximum atomic E-state index is 12.0. The van der Waals surface area contributed by atoms with Crippen molar-refractivity contribution in [3.8, 4) is 5.75 Å². The molecule has 3 rings (SSSR count). The van der Waals surface area contributed by atoms with E-state index in [0.717, 1.165) is 11.1 Å². The standard InChI is InChI=1S/C20H18O5/c1-12-5-3-4-6-14(12)11-24-15-7-8-16-13(2)17(10-19(21)22)20(23)25-18(16)9-15/h3-9H,10-11H2,1-2H3,(H,21,22)/p-1. The van der Waals surface area contributed by atoms with Gasteiger partial charge in [-0.05, 0) is 42.7 Å². The van der Waals surface area contributed by atoms with Gasteiger partial charge in [0.15, 0.2) is 0 Å². The molecule has 0 aliphatic carbocycles. The third-order valence-corrected chi connectivity index (χ3v) is 4.24. The largest absolute Gasteiger partial charge is 0.550 e. The highest BCUT2D eigenvalue weighted by Gasteiger charge is 2.12. The van der Waals surface area contributed by atoms with E-state index < -0.39 is 18.0 Å². The molecule has 0 N–H and O–H groups in total. The van der Waals surface area contributed by atoms with Crippen LogP contribution in [0.15, 0.2) is 51.7 Å². The summed E-state index contributed by atoms with van der Waals surface area (Å²) in [5.74, 6) is -0.737. The molecule has 0 radical (unpaired) electrons. The van der Waals surface area contributed by atoms with Gasteiger partial charge in [0.25, 0.3) is 0 Å². The van der Waals surface area contributed by atoms with E-state index in [0.29, 0.717) is 28.9 Å². The zero-order chi connectivity index (χ0) is 18.0. The first kappa shape index (κ1) is 16.8. The molecule has 0 aliphatic heterocycles. The third kappa shape index (κ3) is 3.55. The highest BCUT2D eigenvalue weighted by molar-refractivity contribution is 5.83. The summed E-state index contributed by atoms with van der Waals surface area (Å²) in [4.78, 5) is 22.8. The van der Waals surface area contributed by atoms with E-state index in [4.69, 9.17) is 9.15 Å². The van der Waals surface area contributed by atoms with E-state index >= 15 is 0 Å². The second kappa shape index (κ2) is 6.81. The maximum Gasteiger partial charge on any atom is 0.340 e. The lowest BCUT2D eigenvalue weighted by Crippen LogP contribution is -2.27. The van der Waals surface area contributed by atoms with Crippen molar-refractivity contribution in [2.75, 3.05) is 0 Å². The Bertz CT molecular complexity index is 1000. The summed E-state index contributed by atoms with van der Waals surface area (Å²) in [6.45, 7) is 4.12. The second-order valence-electron chi connectivity index (χ2n) is 5.91. The van der Waals surface area contributed by atoms with Crippen LogP contribution < -0.4 is 15.5 Å². The molecular weight excluding hydrogens is 320 g/mol. The van der Waals surface area contributed by atoms with Gasteiger partial charge < -0.3 is 19.1 Å². The van der Waals surface area contributed by atoms with Crippen LogP contribution in [0.4, 0.5) is 0 Å². The van der Waals surface area contributed by atoms with Crippen LogP contribution in [0.2, 0.25) is 0 Å². The van der Waals surface area contributed by atoms with Gasteiger partial charge in [0, 0.05) is 29.4 Å². The van der Waals surface area contributed by atoms with E-state index in [-0.39, 0.29) is 5.56 Å².